The zero-order chi connectivity index (χ0) is 27.1. The van der Waals surface area contributed by atoms with Gasteiger partial charge in [0.25, 0.3) is 5.91 Å². The highest BCUT2D eigenvalue weighted by atomic mass is 32.2. The molecule has 9 heteroatoms. The van der Waals surface area contributed by atoms with Crippen molar-refractivity contribution in [1.29, 1.82) is 0 Å². The summed E-state index contributed by atoms with van der Waals surface area (Å²) in [6.45, 7) is 0. The van der Waals surface area contributed by atoms with Crippen molar-refractivity contribution >= 4 is 35.0 Å². The van der Waals surface area contributed by atoms with Gasteiger partial charge in [-0.3, -0.25) is 9.59 Å². The van der Waals surface area contributed by atoms with Crippen molar-refractivity contribution in [2.24, 2.45) is 0 Å². The van der Waals surface area contributed by atoms with E-state index in [1.54, 1.807) is 79.9 Å². The summed E-state index contributed by atoms with van der Waals surface area (Å²) in [5, 5.41) is 4.70. The number of methoxy groups -OCH3 is 1. The number of halogens is 3. The van der Waals surface area contributed by atoms with Gasteiger partial charge in [-0.2, -0.15) is 13.2 Å². The Morgan fingerprint density at radius 2 is 1.47 bits per heavy atom. The maximum absolute atomic E-state index is 13.2. The van der Waals surface area contributed by atoms with Crippen LogP contribution in [0.5, 0.6) is 5.75 Å². The summed E-state index contributed by atoms with van der Waals surface area (Å²) in [6, 6.07) is 27.2. The van der Waals surface area contributed by atoms with E-state index in [0.29, 0.717) is 22.6 Å². The van der Waals surface area contributed by atoms with E-state index in [2.05, 4.69) is 10.6 Å². The Morgan fingerprint density at radius 1 is 0.789 bits per heavy atom. The molecule has 0 fully saturated rings. The van der Waals surface area contributed by atoms with Crippen LogP contribution in [0.3, 0.4) is 0 Å². The summed E-state index contributed by atoms with van der Waals surface area (Å²) in [5.74, 6) is -0.0962. The van der Waals surface area contributed by atoms with Gasteiger partial charge in [0.1, 0.15) is 11.0 Å². The lowest BCUT2D eigenvalue weighted by Crippen LogP contribution is -2.19. The summed E-state index contributed by atoms with van der Waals surface area (Å²) in [4.78, 5) is 26.5. The fourth-order valence-corrected chi connectivity index (χ4v) is 4.60. The third-order valence-electron chi connectivity index (χ3n) is 5.52. The average molecular weight is 537 g/mol. The molecule has 4 rings (SSSR count). The predicted octanol–water partition coefficient (Wildman–Crippen LogP) is 7.44. The Balaban J connectivity index is 1.48. The van der Waals surface area contributed by atoms with Gasteiger partial charge >= 0.3 is 6.18 Å². The van der Waals surface area contributed by atoms with Crippen molar-refractivity contribution in [3.8, 4) is 5.75 Å². The van der Waals surface area contributed by atoms with Gasteiger partial charge in [0.15, 0.2) is 0 Å². The van der Waals surface area contributed by atoms with E-state index >= 15 is 0 Å². The molecule has 0 heterocycles. The molecular weight excluding hydrogens is 513 g/mol. The number of thioether (sulfide) groups is 1. The molecule has 2 N–H and O–H groups in total. The van der Waals surface area contributed by atoms with E-state index in [-0.39, 0.29) is 11.6 Å². The Labute approximate surface area is 222 Å². The molecule has 0 spiro atoms. The number of rotatable bonds is 8. The first-order chi connectivity index (χ1) is 18.2. The summed E-state index contributed by atoms with van der Waals surface area (Å²) in [5.41, 5.74) is 0.952. The number of hydrogen-bond donors (Lipinski definition) is 2. The normalized spacial score (nSPS) is 11.9. The van der Waals surface area contributed by atoms with E-state index in [0.717, 1.165) is 17.0 Å². The number of hydrogen-bond acceptors (Lipinski definition) is 4. The van der Waals surface area contributed by atoms with Crippen molar-refractivity contribution in [1.82, 2.24) is 0 Å². The fourth-order valence-electron chi connectivity index (χ4n) is 3.58. The fraction of sp³-hybridized carbons (Fsp3) is 0.103. The molecule has 0 aliphatic heterocycles. The van der Waals surface area contributed by atoms with E-state index in [9.17, 15) is 22.8 Å². The highest BCUT2D eigenvalue weighted by Gasteiger charge is 2.31. The van der Waals surface area contributed by atoms with E-state index in [4.69, 9.17) is 4.74 Å². The van der Waals surface area contributed by atoms with Gasteiger partial charge < -0.3 is 15.4 Å². The number of carbonyl (C=O) groups excluding carboxylic acids is 2. The minimum Gasteiger partial charge on any atom is -0.497 e. The summed E-state index contributed by atoms with van der Waals surface area (Å²) >= 11 is 1.25. The Morgan fingerprint density at radius 3 is 2.11 bits per heavy atom. The molecule has 4 aromatic rings. The van der Waals surface area contributed by atoms with Crippen LogP contribution < -0.4 is 15.4 Å². The van der Waals surface area contributed by atoms with E-state index in [1.165, 1.54) is 23.9 Å². The minimum absolute atomic E-state index is 0.0583. The number of alkyl halides is 3. The first-order valence-electron chi connectivity index (χ1n) is 11.5. The monoisotopic (exact) mass is 536 g/mol. The number of benzene rings is 4. The minimum atomic E-state index is -4.52. The largest absolute Gasteiger partial charge is 0.497 e. The molecule has 0 saturated carbocycles. The lowest BCUT2D eigenvalue weighted by molar-refractivity contribution is -0.137. The van der Waals surface area contributed by atoms with Crippen LogP contribution in [0.25, 0.3) is 0 Å². The van der Waals surface area contributed by atoms with Crippen molar-refractivity contribution in [2.45, 2.75) is 16.3 Å². The predicted molar refractivity (Wildman–Crippen MR) is 143 cm³/mol. The highest BCUT2D eigenvalue weighted by molar-refractivity contribution is 8.00. The van der Waals surface area contributed by atoms with Crippen LogP contribution in [0, 0.1) is 0 Å². The standard InChI is InChI=1S/C29H23F3N2O3S/c1-37-24-14-10-20(11-15-24)27(35)33-22-12-16-25(17-13-22)38-26(19-6-3-2-4-7-19)28(36)34-23-9-5-8-21(18-23)29(30,31)32/h2-18,26H,1H3,(H,33,35)(H,34,36). The quantitative estimate of drug-likeness (QED) is 0.230. The summed E-state index contributed by atoms with van der Waals surface area (Å²) in [7, 11) is 1.55. The first-order valence-corrected chi connectivity index (χ1v) is 12.4. The zero-order valence-electron chi connectivity index (χ0n) is 20.2. The lowest BCUT2D eigenvalue weighted by atomic mass is 10.1. The van der Waals surface area contributed by atoms with Gasteiger partial charge in [0, 0.05) is 21.8 Å². The Bertz CT molecular complexity index is 1390. The van der Waals surface area contributed by atoms with Crippen LogP contribution in [-0.2, 0) is 11.0 Å². The topological polar surface area (TPSA) is 67.4 Å². The van der Waals surface area contributed by atoms with Crippen LogP contribution in [0.15, 0.2) is 108 Å². The zero-order valence-corrected chi connectivity index (χ0v) is 21.0. The first kappa shape index (κ1) is 26.8. The number of carbonyl (C=O) groups is 2. The number of anilines is 2. The van der Waals surface area contributed by atoms with Gasteiger partial charge in [0.2, 0.25) is 5.91 Å². The smallest absolute Gasteiger partial charge is 0.416 e. The van der Waals surface area contributed by atoms with E-state index in [1.807, 2.05) is 6.07 Å². The third kappa shape index (κ3) is 6.95. The molecule has 0 aliphatic carbocycles. The summed E-state index contributed by atoms with van der Waals surface area (Å²) in [6.07, 6.45) is -4.52. The van der Waals surface area contributed by atoms with E-state index < -0.39 is 22.9 Å². The molecule has 5 nitrogen and oxygen atoms in total. The molecule has 38 heavy (non-hydrogen) atoms. The van der Waals surface area contributed by atoms with Crippen molar-refractivity contribution in [3.63, 3.8) is 0 Å². The Kier molecular flexibility index (Phi) is 8.38. The molecule has 1 unspecified atom stereocenters. The van der Waals surface area contributed by atoms with Gasteiger partial charge in [-0.1, -0.05) is 36.4 Å². The highest BCUT2D eigenvalue weighted by Crippen LogP contribution is 2.37. The lowest BCUT2D eigenvalue weighted by Gasteiger charge is -2.18. The van der Waals surface area contributed by atoms with Gasteiger partial charge in [-0.15, -0.1) is 11.8 Å². The van der Waals surface area contributed by atoms with Crippen LogP contribution in [0.2, 0.25) is 0 Å². The third-order valence-corrected chi connectivity index (χ3v) is 6.78. The molecule has 0 bridgehead atoms. The maximum Gasteiger partial charge on any atom is 0.416 e. The second-order valence-corrected chi connectivity index (χ2v) is 9.36. The van der Waals surface area contributed by atoms with Crippen LogP contribution in [0.4, 0.5) is 24.5 Å². The molecule has 2 amide bonds. The molecule has 0 saturated heterocycles. The van der Waals surface area contributed by atoms with Crippen LogP contribution in [-0.4, -0.2) is 18.9 Å². The second kappa shape index (κ2) is 11.9. The number of ether oxygens (including phenoxy) is 1. The average Bonchev–Trinajstić information content (AvgIpc) is 2.92. The van der Waals surface area contributed by atoms with Gasteiger partial charge in [0.05, 0.1) is 12.7 Å². The molecule has 194 valence electrons. The van der Waals surface area contributed by atoms with Gasteiger partial charge in [-0.25, -0.2) is 0 Å². The van der Waals surface area contributed by atoms with Crippen molar-refractivity contribution in [2.75, 3.05) is 17.7 Å². The van der Waals surface area contributed by atoms with Gasteiger partial charge in [-0.05, 0) is 72.3 Å². The molecule has 0 aromatic heterocycles. The number of nitrogens with one attached hydrogen (secondary N) is 2. The summed E-state index contributed by atoms with van der Waals surface area (Å²) < 4.78 is 44.4. The molecule has 4 aromatic carbocycles. The molecule has 1 atom stereocenters. The number of amides is 2. The molecule has 0 radical (unpaired) electrons. The van der Waals surface area contributed by atoms with Crippen LogP contribution >= 0.6 is 11.8 Å². The maximum atomic E-state index is 13.2. The molecule has 0 aliphatic rings. The second-order valence-electron chi connectivity index (χ2n) is 8.18. The van der Waals surface area contributed by atoms with Crippen LogP contribution in [0.1, 0.15) is 26.7 Å². The molecular formula is C29H23F3N2O3S. The SMILES string of the molecule is COc1ccc(C(=O)Nc2ccc(SC(C(=O)Nc3cccc(C(F)(F)F)c3)c3ccccc3)cc2)cc1. The van der Waals surface area contributed by atoms with Crippen molar-refractivity contribution < 1.29 is 27.5 Å². The van der Waals surface area contributed by atoms with Crippen molar-refractivity contribution in [3.05, 3.63) is 120 Å². The Hall–Kier alpha value is -4.24.